The predicted octanol–water partition coefficient (Wildman–Crippen LogP) is 3.39. The summed E-state index contributed by atoms with van der Waals surface area (Å²) in [7, 11) is 0. The Bertz CT molecular complexity index is 512. The molecule has 2 N–H and O–H groups in total. The summed E-state index contributed by atoms with van der Waals surface area (Å²) in [5, 5.41) is 0. The number of hydrogen-bond acceptors (Lipinski definition) is 1. The second-order valence-electron chi connectivity index (χ2n) is 4.03. The van der Waals surface area contributed by atoms with E-state index in [9.17, 15) is 0 Å². The molecule has 0 unspecified atom stereocenters. The second-order valence-corrected chi connectivity index (χ2v) is 4.03. The van der Waals surface area contributed by atoms with Crippen LogP contribution < -0.4 is 5.73 Å². The maximum atomic E-state index is 5.68. The highest BCUT2D eigenvalue weighted by atomic mass is 14.5. The zero-order valence-electron chi connectivity index (χ0n) is 10.1. The third-order valence-electron chi connectivity index (χ3n) is 2.84. The minimum Gasteiger partial charge on any atom is -0.327 e. The Hall–Kier alpha value is -1.86. The van der Waals surface area contributed by atoms with Gasteiger partial charge in [0.2, 0.25) is 0 Å². The quantitative estimate of drug-likeness (QED) is 0.848. The normalized spacial score (nSPS) is 11.5. The number of rotatable bonds is 3. The van der Waals surface area contributed by atoms with E-state index in [1.165, 1.54) is 22.3 Å². The van der Waals surface area contributed by atoms with Gasteiger partial charge in [-0.2, -0.15) is 0 Å². The molecule has 1 heteroatoms. The van der Waals surface area contributed by atoms with Gasteiger partial charge in [0.05, 0.1) is 0 Å². The summed E-state index contributed by atoms with van der Waals surface area (Å²) in [6.07, 6.45) is 2.08. The van der Waals surface area contributed by atoms with Gasteiger partial charge in [-0.05, 0) is 29.2 Å². The highest BCUT2D eigenvalue weighted by molar-refractivity contribution is 5.81. The first-order valence-corrected chi connectivity index (χ1v) is 5.84. The Morgan fingerprint density at radius 3 is 2.29 bits per heavy atom. The minimum absolute atomic E-state index is 0.554. The van der Waals surface area contributed by atoms with Crippen LogP contribution in [0.2, 0.25) is 0 Å². The highest BCUT2D eigenvalue weighted by Gasteiger charge is 2.05. The molecule has 0 saturated carbocycles. The number of nitrogens with two attached hydrogens (primary N) is 1. The molecule has 86 valence electrons. The summed E-state index contributed by atoms with van der Waals surface area (Å²) in [5.41, 5.74) is 10.6. The van der Waals surface area contributed by atoms with E-state index in [-0.39, 0.29) is 0 Å². The van der Waals surface area contributed by atoms with E-state index in [1.54, 1.807) is 0 Å². The van der Waals surface area contributed by atoms with Crippen molar-refractivity contribution in [3.8, 4) is 0 Å². The lowest BCUT2D eigenvalue weighted by Crippen LogP contribution is -1.98. The molecule has 0 spiro atoms. The van der Waals surface area contributed by atoms with Gasteiger partial charge in [-0.15, -0.1) is 0 Å². The van der Waals surface area contributed by atoms with E-state index in [0.717, 1.165) is 0 Å². The molecule has 0 fully saturated rings. The van der Waals surface area contributed by atoms with Crippen LogP contribution in [0.5, 0.6) is 0 Å². The number of aryl methyl sites for hydroxylation is 1. The van der Waals surface area contributed by atoms with Crippen LogP contribution in [0, 0.1) is 6.92 Å². The third kappa shape index (κ3) is 2.63. The van der Waals surface area contributed by atoms with Crippen LogP contribution in [-0.2, 0) is 0 Å². The van der Waals surface area contributed by atoms with Gasteiger partial charge in [0.1, 0.15) is 0 Å². The van der Waals surface area contributed by atoms with Crippen molar-refractivity contribution in [3.63, 3.8) is 0 Å². The monoisotopic (exact) mass is 223 g/mol. The maximum Gasteiger partial charge on any atom is 0.0116 e. The zero-order chi connectivity index (χ0) is 12.1. The average molecular weight is 223 g/mol. The van der Waals surface area contributed by atoms with Crippen LogP contribution in [0.4, 0.5) is 0 Å². The zero-order valence-corrected chi connectivity index (χ0v) is 10.1. The highest BCUT2D eigenvalue weighted by Crippen LogP contribution is 2.25. The van der Waals surface area contributed by atoms with Crippen LogP contribution in [0.25, 0.3) is 5.57 Å². The fraction of sp³-hybridized carbons (Fsp3) is 0.125. The first-order valence-electron chi connectivity index (χ1n) is 5.84. The molecule has 0 aliphatic heterocycles. The van der Waals surface area contributed by atoms with Gasteiger partial charge in [-0.3, -0.25) is 0 Å². The van der Waals surface area contributed by atoms with Gasteiger partial charge in [0, 0.05) is 6.54 Å². The maximum absolute atomic E-state index is 5.68. The van der Waals surface area contributed by atoms with E-state index in [0.29, 0.717) is 6.54 Å². The molecule has 0 amide bonds. The van der Waals surface area contributed by atoms with Crippen LogP contribution in [0.15, 0.2) is 60.7 Å². The molecule has 2 aromatic carbocycles. The van der Waals surface area contributed by atoms with Crippen LogP contribution in [-0.4, -0.2) is 6.54 Å². The molecule has 0 bridgehead atoms. The average Bonchev–Trinajstić information content (AvgIpc) is 2.38. The molecule has 0 saturated heterocycles. The van der Waals surface area contributed by atoms with Gasteiger partial charge in [0.25, 0.3) is 0 Å². The molecule has 2 rings (SSSR count). The lowest BCUT2D eigenvalue weighted by atomic mass is 9.94. The molecule has 1 nitrogen and oxygen atoms in total. The summed E-state index contributed by atoms with van der Waals surface area (Å²) in [6, 6.07) is 18.8. The van der Waals surface area contributed by atoms with Crippen LogP contribution in [0.1, 0.15) is 16.7 Å². The van der Waals surface area contributed by atoms with E-state index in [1.807, 2.05) is 6.07 Å². The van der Waals surface area contributed by atoms with Gasteiger partial charge < -0.3 is 5.73 Å². The third-order valence-corrected chi connectivity index (χ3v) is 2.84. The van der Waals surface area contributed by atoms with Gasteiger partial charge in [-0.1, -0.05) is 60.7 Å². The number of benzene rings is 2. The Labute approximate surface area is 103 Å². The molecular weight excluding hydrogens is 206 g/mol. The van der Waals surface area contributed by atoms with E-state index in [2.05, 4.69) is 61.5 Å². The SMILES string of the molecule is Cc1ccccc1C(=CCN)c1ccccc1. The summed E-state index contributed by atoms with van der Waals surface area (Å²) >= 11 is 0. The molecule has 17 heavy (non-hydrogen) atoms. The Morgan fingerprint density at radius 1 is 1.00 bits per heavy atom. The fourth-order valence-corrected chi connectivity index (χ4v) is 1.99. The largest absolute Gasteiger partial charge is 0.327 e. The molecular formula is C16H17N. The number of hydrogen-bond donors (Lipinski definition) is 1. The Balaban J connectivity index is 2.52. The van der Waals surface area contributed by atoms with Crippen molar-refractivity contribution in [2.75, 3.05) is 6.54 Å². The van der Waals surface area contributed by atoms with E-state index >= 15 is 0 Å². The molecule has 0 aromatic heterocycles. The Morgan fingerprint density at radius 2 is 1.65 bits per heavy atom. The second kappa shape index (κ2) is 5.46. The topological polar surface area (TPSA) is 26.0 Å². The lowest BCUT2D eigenvalue weighted by Gasteiger charge is -2.11. The van der Waals surface area contributed by atoms with Crippen molar-refractivity contribution in [2.24, 2.45) is 5.73 Å². The van der Waals surface area contributed by atoms with Gasteiger partial charge in [0.15, 0.2) is 0 Å². The van der Waals surface area contributed by atoms with Crippen molar-refractivity contribution in [3.05, 3.63) is 77.4 Å². The lowest BCUT2D eigenvalue weighted by molar-refractivity contribution is 1.25. The molecule has 0 aliphatic rings. The summed E-state index contributed by atoms with van der Waals surface area (Å²) < 4.78 is 0. The predicted molar refractivity (Wildman–Crippen MR) is 73.8 cm³/mol. The van der Waals surface area contributed by atoms with Crippen molar-refractivity contribution in [1.29, 1.82) is 0 Å². The Kier molecular flexibility index (Phi) is 3.73. The van der Waals surface area contributed by atoms with Crippen molar-refractivity contribution in [2.45, 2.75) is 6.92 Å². The van der Waals surface area contributed by atoms with Crippen LogP contribution >= 0.6 is 0 Å². The van der Waals surface area contributed by atoms with E-state index in [4.69, 9.17) is 5.73 Å². The first kappa shape index (κ1) is 11.6. The summed E-state index contributed by atoms with van der Waals surface area (Å²) in [5.74, 6) is 0. The van der Waals surface area contributed by atoms with Crippen molar-refractivity contribution >= 4 is 5.57 Å². The first-order chi connectivity index (χ1) is 8.33. The van der Waals surface area contributed by atoms with Crippen molar-refractivity contribution < 1.29 is 0 Å². The molecule has 0 heterocycles. The van der Waals surface area contributed by atoms with Crippen LogP contribution in [0.3, 0.4) is 0 Å². The minimum atomic E-state index is 0.554. The standard InChI is InChI=1S/C16H17N/c1-13-7-5-6-10-15(13)16(11-12-17)14-8-3-2-4-9-14/h2-11H,12,17H2,1H3. The molecule has 2 aromatic rings. The van der Waals surface area contributed by atoms with E-state index < -0.39 is 0 Å². The van der Waals surface area contributed by atoms with Crippen molar-refractivity contribution in [1.82, 2.24) is 0 Å². The molecule has 0 radical (unpaired) electrons. The van der Waals surface area contributed by atoms with Gasteiger partial charge >= 0.3 is 0 Å². The van der Waals surface area contributed by atoms with Gasteiger partial charge in [-0.25, -0.2) is 0 Å². The fourth-order valence-electron chi connectivity index (χ4n) is 1.99. The molecule has 0 atom stereocenters. The summed E-state index contributed by atoms with van der Waals surface area (Å²) in [4.78, 5) is 0. The molecule has 0 aliphatic carbocycles. The smallest absolute Gasteiger partial charge is 0.0116 e. The summed E-state index contributed by atoms with van der Waals surface area (Å²) in [6.45, 7) is 2.68.